The van der Waals surface area contributed by atoms with Crippen molar-refractivity contribution in [2.75, 3.05) is 0 Å². The van der Waals surface area contributed by atoms with Crippen LogP contribution < -0.4 is 11.6 Å². The molecule has 0 spiro atoms. The Morgan fingerprint density at radius 3 is 2.38 bits per heavy atom. The van der Waals surface area contributed by atoms with Gasteiger partial charge in [-0.1, -0.05) is 0 Å². The first-order valence-electron chi connectivity index (χ1n) is 2.42. The van der Waals surface area contributed by atoms with Gasteiger partial charge in [0.05, 0.1) is 5.92 Å². The van der Waals surface area contributed by atoms with E-state index in [-0.39, 0.29) is 12.0 Å². The van der Waals surface area contributed by atoms with E-state index in [1.165, 1.54) is 0 Å². The fourth-order valence-electron chi connectivity index (χ4n) is 0.573. The Balaban J connectivity index is 2.28. The van der Waals surface area contributed by atoms with E-state index in [1.807, 2.05) is 0 Å². The fourth-order valence-corrected chi connectivity index (χ4v) is 0.573. The van der Waals surface area contributed by atoms with Crippen molar-refractivity contribution in [1.29, 1.82) is 0 Å². The summed E-state index contributed by atoms with van der Waals surface area (Å²) in [5, 5.41) is 0. The van der Waals surface area contributed by atoms with E-state index >= 15 is 0 Å². The SMILES string of the molecule is NOC(=O)[C@@H]1C[C@H]1N. The molecule has 0 aromatic rings. The van der Waals surface area contributed by atoms with E-state index in [1.54, 1.807) is 0 Å². The standard InChI is InChI=1S/C4H8N2O2/c5-3-1-2(3)4(7)8-6/h2-3H,1,5-6H2/t2-,3-/m1/s1. The Hall–Kier alpha value is -0.610. The van der Waals surface area contributed by atoms with Crippen molar-refractivity contribution in [2.45, 2.75) is 12.5 Å². The minimum Gasteiger partial charge on any atom is -0.373 e. The highest BCUT2D eigenvalue weighted by atomic mass is 16.7. The van der Waals surface area contributed by atoms with E-state index in [0.29, 0.717) is 0 Å². The summed E-state index contributed by atoms with van der Waals surface area (Å²) < 4.78 is 0. The predicted molar refractivity (Wildman–Crippen MR) is 26.4 cm³/mol. The third-order valence-electron chi connectivity index (χ3n) is 1.26. The van der Waals surface area contributed by atoms with E-state index in [4.69, 9.17) is 5.73 Å². The van der Waals surface area contributed by atoms with Gasteiger partial charge in [-0.05, 0) is 6.42 Å². The molecule has 4 heteroatoms. The Labute approximate surface area is 46.7 Å². The van der Waals surface area contributed by atoms with Gasteiger partial charge in [0.15, 0.2) is 0 Å². The van der Waals surface area contributed by atoms with Crippen LogP contribution in [0.5, 0.6) is 0 Å². The van der Waals surface area contributed by atoms with E-state index in [0.717, 1.165) is 6.42 Å². The van der Waals surface area contributed by atoms with Crippen LogP contribution in [0.1, 0.15) is 6.42 Å². The lowest BCUT2D eigenvalue weighted by atomic mass is 10.4. The lowest BCUT2D eigenvalue weighted by Crippen LogP contribution is -2.16. The lowest BCUT2D eigenvalue weighted by molar-refractivity contribution is -0.145. The quantitative estimate of drug-likeness (QED) is 0.419. The molecule has 4 nitrogen and oxygen atoms in total. The molecule has 1 saturated carbocycles. The molecule has 0 aromatic heterocycles. The first-order chi connectivity index (χ1) is 3.75. The summed E-state index contributed by atoms with van der Waals surface area (Å²) in [4.78, 5) is 14.3. The van der Waals surface area contributed by atoms with Gasteiger partial charge in [-0.3, -0.25) is 4.79 Å². The van der Waals surface area contributed by atoms with Crippen molar-refractivity contribution < 1.29 is 9.63 Å². The van der Waals surface area contributed by atoms with Crippen molar-refractivity contribution in [3.8, 4) is 0 Å². The maximum absolute atomic E-state index is 10.4. The van der Waals surface area contributed by atoms with Crippen molar-refractivity contribution in [2.24, 2.45) is 17.5 Å². The topological polar surface area (TPSA) is 78.3 Å². The molecule has 1 rings (SSSR count). The number of hydrogen-bond donors (Lipinski definition) is 2. The van der Waals surface area contributed by atoms with Gasteiger partial charge in [0, 0.05) is 6.04 Å². The van der Waals surface area contributed by atoms with Crippen LogP contribution in [0, 0.1) is 5.92 Å². The molecule has 0 aliphatic heterocycles. The van der Waals surface area contributed by atoms with E-state index in [2.05, 4.69) is 10.7 Å². The molecule has 0 saturated heterocycles. The second kappa shape index (κ2) is 1.72. The van der Waals surface area contributed by atoms with Gasteiger partial charge in [-0.2, -0.15) is 5.90 Å². The highest BCUT2D eigenvalue weighted by Crippen LogP contribution is 2.28. The second-order valence-corrected chi connectivity index (χ2v) is 1.94. The lowest BCUT2D eigenvalue weighted by Gasteiger charge is -1.90. The molecule has 4 N–H and O–H groups in total. The molecule has 0 unspecified atom stereocenters. The molecule has 0 aromatic carbocycles. The monoisotopic (exact) mass is 116 g/mol. The number of carbonyl (C=O) groups excluding carboxylic acids is 1. The Kier molecular flexibility index (Phi) is 1.19. The average molecular weight is 116 g/mol. The molecular formula is C4H8N2O2. The first-order valence-corrected chi connectivity index (χ1v) is 2.42. The Morgan fingerprint density at radius 2 is 2.25 bits per heavy atom. The number of hydrogen-bond acceptors (Lipinski definition) is 4. The van der Waals surface area contributed by atoms with E-state index in [9.17, 15) is 4.79 Å². The van der Waals surface area contributed by atoms with Crippen LogP contribution in [0.25, 0.3) is 0 Å². The number of rotatable bonds is 1. The summed E-state index contributed by atoms with van der Waals surface area (Å²) in [7, 11) is 0. The van der Waals surface area contributed by atoms with E-state index < -0.39 is 5.97 Å². The normalized spacial score (nSPS) is 34.2. The van der Waals surface area contributed by atoms with Crippen LogP contribution in [0.3, 0.4) is 0 Å². The van der Waals surface area contributed by atoms with Crippen LogP contribution in [-0.4, -0.2) is 12.0 Å². The Morgan fingerprint density at radius 1 is 1.75 bits per heavy atom. The highest BCUT2D eigenvalue weighted by Gasteiger charge is 2.41. The van der Waals surface area contributed by atoms with Crippen molar-refractivity contribution in [1.82, 2.24) is 0 Å². The predicted octanol–water partition coefficient (Wildman–Crippen LogP) is -1.25. The molecule has 1 fully saturated rings. The molecule has 0 heterocycles. The third kappa shape index (κ3) is 0.801. The van der Waals surface area contributed by atoms with Gasteiger partial charge in [0.1, 0.15) is 0 Å². The van der Waals surface area contributed by atoms with Crippen LogP contribution in [0.4, 0.5) is 0 Å². The molecule has 2 atom stereocenters. The summed E-state index contributed by atoms with van der Waals surface area (Å²) in [5.41, 5.74) is 5.29. The maximum Gasteiger partial charge on any atom is 0.329 e. The molecule has 0 amide bonds. The van der Waals surface area contributed by atoms with Crippen LogP contribution in [0.15, 0.2) is 0 Å². The van der Waals surface area contributed by atoms with Crippen LogP contribution in [-0.2, 0) is 9.63 Å². The molecule has 0 bridgehead atoms. The van der Waals surface area contributed by atoms with Crippen molar-refractivity contribution in [3.05, 3.63) is 0 Å². The summed E-state index contributed by atoms with van der Waals surface area (Å²) in [6.07, 6.45) is 0.718. The van der Waals surface area contributed by atoms with Gasteiger partial charge < -0.3 is 10.6 Å². The largest absolute Gasteiger partial charge is 0.373 e. The third-order valence-corrected chi connectivity index (χ3v) is 1.26. The van der Waals surface area contributed by atoms with Gasteiger partial charge in [-0.25, -0.2) is 0 Å². The summed E-state index contributed by atoms with van der Waals surface area (Å²) in [6, 6.07) is -0.00829. The molecule has 1 aliphatic rings. The average Bonchev–Trinajstić information content (AvgIpc) is 2.45. The maximum atomic E-state index is 10.4. The molecule has 1 aliphatic carbocycles. The highest BCUT2D eigenvalue weighted by molar-refractivity contribution is 5.76. The molecular weight excluding hydrogens is 108 g/mol. The molecule has 8 heavy (non-hydrogen) atoms. The minimum atomic E-state index is -0.391. The van der Waals surface area contributed by atoms with Crippen LogP contribution >= 0.6 is 0 Å². The van der Waals surface area contributed by atoms with Gasteiger partial charge >= 0.3 is 5.97 Å². The van der Waals surface area contributed by atoms with Crippen molar-refractivity contribution in [3.63, 3.8) is 0 Å². The number of carbonyl (C=O) groups is 1. The van der Waals surface area contributed by atoms with Gasteiger partial charge in [0.2, 0.25) is 0 Å². The first kappa shape index (κ1) is 5.53. The van der Waals surface area contributed by atoms with Gasteiger partial charge in [-0.15, -0.1) is 0 Å². The number of nitrogens with two attached hydrogens (primary N) is 2. The van der Waals surface area contributed by atoms with Crippen LogP contribution in [0.2, 0.25) is 0 Å². The zero-order chi connectivity index (χ0) is 6.15. The Bertz CT molecular complexity index is 115. The summed E-state index contributed by atoms with van der Waals surface area (Å²) >= 11 is 0. The summed E-state index contributed by atoms with van der Waals surface area (Å²) in [5.74, 6) is 4.05. The smallest absolute Gasteiger partial charge is 0.329 e. The van der Waals surface area contributed by atoms with Gasteiger partial charge in [0.25, 0.3) is 0 Å². The molecule has 0 radical (unpaired) electrons. The zero-order valence-corrected chi connectivity index (χ0v) is 4.33. The van der Waals surface area contributed by atoms with Crippen molar-refractivity contribution >= 4 is 5.97 Å². The zero-order valence-electron chi connectivity index (χ0n) is 4.33. The minimum absolute atomic E-state index is 0.00829. The summed E-state index contributed by atoms with van der Waals surface area (Å²) in [6.45, 7) is 0. The molecule has 46 valence electrons. The fraction of sp³-hybridized carbons (Fsp3) is 0.750. The second-order valence-electron chi connectivity index (χ2n) is 1.94.